The van der Waals surface area contributed by atoms with Gasteiger partial charge in [0.2, 0.25) is 5.88 Å². The average molecular weight is 263 g/mol. The Labute approximate surface area is 116 Å². The monoisotopic (exact) mass is 263 g/mol. The molecule has 0 unspecified atom stereocenters. The molecule has 1 saturated carbocycles. The fourth-order valence-corrected chi connectivity index (χ4v) is 2.76. The van der Waals surface area contributed by atoms with Crippen LogP contribution in [0.4, 0.5) is 5.82 Å². The van der Waals surface area contributed by atoms with Gasteiger partial charge in [0.25, 0.3) is 0 Å². The molecule has 1 aromatic heterocycles. The van der Waals surface area contributed by atoms with E-state index in [4.69, 9.17) is 4.74 Å². The molecule has 1 aromatic rings. The van der Waals surface area contributed by atoms with E-state index in [9.17, 15) is 0 Å². The van der Waals surface area contributed by atoms with Crippen molar-refractivity contribution < 1.29 is 4.74 Å². The van der Waals surface area contributed by atoms with Crippen LogP contribution in [0.2, 0.25) is 0 Å². The predicted molar refractivity (Wildman–Crippen MR) is 77.4 cm³/mol. The number of rotatable bonds is 6. The van der Waals surface area contributed by atoms with Gasteiger partial charge in [-0.05, 0) is 31.6 Å². The van der Waals surface area contributed by atoms with Gasteiger partial charge in [-0.1, -0.05) is 26.2 Å². The summed E-state index contributed by atoms with van der Waals surface area (Å²) in [5.41, 5.74) is 0. The summed E-state index contributed by atoms with van der Waals surface area (Å²) in [6.07, 6.45) is 8.35. The Bertz CT molecular complexity index is 375. The van der Waals surface area contributed by atoms with Crippen LogP contribution in [-0.2, 0) is 0 Å². The second kappa shape index (κ2) is 7.31. The number of hydrogen-bond acceptors (Lipinski definition) is 4. The van der Waals surface area contributed by atoms with E-state index in [0.29, 0.717) is 12.5 Å². The molecule has 0 radical (unpaired) electrons. The lowest BCUT2D eigenvalue weighted by molar-refractivity contribution is 0.278. The summed E-state index contributed by atoms with van der Waals surface area (Å²) in [6.45, 7) is 5.91. The summed E-state index contributed by atoms with van der Waals surface area (Å²) in [4.78, 5) is 8.31. The smallest absolute Gasteiger partial charge is 0.218 e. The second-order valence-electron chi connectivity index (χ2n) is 5.35. The van der Waals surface area contributed by atoms with Crippen molar-refractivity contribution in [2.24, 2.45) is 11.8 Å². The Hall–Kier alpha value is -1.32. The first-order valence-electron chi connectivity index (χ1n) is 7.50. The minimum atomic E-state index is 0.636. The maximum absolute atomic E-state index is 5.38. The molecular weight excluding hydrogens is 238 g/mol. The van der Waals surface area contributed by atoms with Gasteiger partial charge in [0.05, 0.1) is 6.61 Å². The Morgan fingerprint density at radius 1 is 1.16 bits per heavy atom. The maximum Gasteiger partial charge on any atom is 0.218 e. The van der Waals surface area contributed by atoms with Gasteiger partial charge in [-0.25, -0.2) is 9.97 Å². The van der Waals surface area contributed by atoms with Gasteiger partial charge in [0.15, 0.2) is 0 Å². The van der Waals surface area contributed by atoms with Crippen LogP contribution in [0, 0.1) is 11.8 Å². The summed E-state index contributed by atoms with van der Waals surface area (Å²) in [5, 5.41) is 3.41. The zero-order valence-corrected chi connectivity index (χ0v) is 12.1. The molecule has 4 nitrogen and oxygen atoms in total. The predicted octanol–water partition coefficient (Wildman–Crippen LogP) is 3.50. The van der Waals surface area contributed by atoms with Gasteiger partial charge in [0.1, 0.15) is 12.1 Å². The fraction of sp³-hybridized carbons (Fsp3) is 0.733. The normalized spacial score (nSPS) is 23.1. The average Bonchev–Trinajstić information content (AvgIpc) is 2.46. The second-order valence-corrected chi connectivity index (χ2v) is 5.35. The highest BCUT2D eigenvalue weighted by atomic mass is 16.5. The SMILES string of the molecule is CCOc1cc(NCC2CCC(CC)CC2)ncn1. The molecule has 1 aliphatic carbocycles. The van der Waals surface area contributed by atoms with E-state index in [1.807, 2.05) is 13.0 Å². The lowest BCUT2D eigenvalue weighted by atomic mass is 9.81. The summed E-state index contributed by atoms with van der Waals surface area (Å²) in [6, 6.07) is 1.88. The van der Waals surface area contributed by atoms with Crippen molar-refractivity contribution >= 4 is 5.82 Å². The molecule has 0 saturated heterocycles. The first-order valence-corrected chi connectivity index (χ1v) is 7.50. The summed E-state index contributed by atoms with van der Waals surface area (Å²) < 4.78 is 5.38. The van der Waals surface area contributed by atoms with E-state index < -0.39 is 0 Å². The van der Waals surface area contributed by atoms with Crippen molar-refractivity contribution in [1.29, 1.82) is 0 Å². The number of anilines is 1. The van der Waals surface area contributed by atoms with Crippen molar-refractivity contribution in [1.82, 2.24) is 9.97 Å². The third-order valence-corrected chi connectivity index (χ3v) is 4.05. The molecule has 1 N–H and O–H groups in total. The molecule has 2 rings (SSSR count). The molecule has 0 amide bonds. The number of hydrogen-bond donors (Lipinski definition) is 1. The van der Waals surface area contributed by atoms with Crippen molar-refractivity contribution in [2.45, 2.75) is 46.0 Å². The van der Waals surface area contributed by atoms with Crippen LogP contribution in [0.3, 0.4) is 0 Å². The van der Waals surface area contributed by atoms with E-state index in [-0.39, 0.29) is 0 Å². The molecule has 1 heterocycles. The lowest BCUT2D eigenvalue weighted by Crippen LogP contribution is -2.21. The first kappa shape index (κ1) is 14.1. The zero-order valence-electron chi connectivity index (χ0n) is 12.1. The highest BCUT2D eigenvalue weighted by Crippen LogP contribution is 2.30. The van der Waals surface area contributed by atoms with Crippen molar-refractivity contribution in [3.63, 3.8) is 0 Å². The minimum Gasteiger partial charge on any atom is -0.478 e. The molecule has 106 valence electrons. The van der Waals surface area contributed by atoms with Crippen molar-refractivity contribution in [3.05, 3.63) is 12.4 Å². The molecule has 0 spiro atoms. The Balaban J connectivity index is 1.77. The van der Waals surface area contributed by atoms with Gasteiger partial charge in [-0.2, -0.15) is 0 Å². The van der Waals surface area contributed by atoms with E-state index in [2.05, 4.69) is 22.2 Å². The van der Waals surface area contributed by atoms with Gasteiger partial charge < -0.3 is 10.1 Å². The molecule has 1 aliphatic rings. The molecule has 0 atom stereocenters. The van der Waals surface area contributed by atoms with Crippen LogP contribution in [0.25, 0.3) is 0 Å². The summed E-state index contributed by atoms with van der Waals surface area (Å²) in [7, 11) is 0. The van der Waals surface area contributed by atoms with Crippen molar-refractivity contribution in [3.8, 4) is 5.88 Å². The maximum atomic E-state index is 5.38. The molecule has 4 heteroatoms. The highest BCUT2D eigenvalue weighted by molar-refractivity contribution is 5.37. The van der Waals surface area contributed by atoms with E-state index in [1.165, 1.54) is 32.1 Å². The van der Waals surface area contributed by atoms with Crippen LogP contribution >= 0.6 is 0 Å². The fourth-order valence-electron chi connectivity index (χ4n) is 2.76. The Morgan fingerprint density at radius 2 is 1.89 bits per heavy atom. The lowest BCUT2D eigenvalue weighted by Gasteiger charge is -2.27. The van der Waals surface area contributed by atoms with E-state index in [0.717, 1.165) is 24.2 Å². The number of nitrogens with one attached hydrogen (secondary N) is 1. The van der Waals surface area contributed by atoms with E-state index in [1.54, 1.807) is 6.33 Å². The number of ether oxygens (including phenoxy) is 1. The van der Waals surface area contributed by atoms with Crippen LogP contribution in [0.1, 0.15) is 46.0 Å². The van der Waals surface area contributed by atoms with Gasteiger partial charge in [-0.15, -0.1) is 0 Å². The molecule has 0 aromatic carbocycles. The molecule has 0 aliphatic heterocycles. The van der Waals surface area contributed by atoms with Gasteiger partial charge >= 0.3 is 0 Å². The zero-order chi connectivity index (χ0) is 13.5. The summed E-state index contributed by atoms with van der Waals surface area (Å²) in [5.74, 6) is 3.26. The highest BCUT2D eigenvalue weighted by Gasteiger charge is 2.19. The first-order chi connectivity index (χ1) is 9.31. The van der Waals surface area contributed by atoms with Crippen LogP contribution in [0.15, 0.2) is 12.4 Å². The van der Waals surface area contributed by atoms with Crippen molar-refractivity contribution in [2.75, 3.05) is 18.5 Å². The third kappa shape index (κ3) is 4.37. The molecular formula is C15H25N3O. The van der Waals surface area contributed by atoms with Gasteiger partial charge in [0, 0.05) is 12.6 Å². The van der Waals surface area contributed by atoms with E-state index >= 15 is 0 Å². The molecule has 19 heavy (non-hydrogen) atoms. The largest absolute Gasteiger partial charge is 0.478 e. The topological polar surface area (TPSA) is 47.0 Å². The van der Waals surface area contributed by atoms with Gasteiger partial charge in [-0.3, -0.25) is 0 Å². The van der Waals surface area contributed by atoms with Crippen LogP contribution in [-0.4, -0.2) is 23.1 Å². The van der Waals surface area contributed by atoms with Crippen LogP contribution in [0.5, 0.6) is 5.88 Å². The summed E-state index contributed by atoms with van der Waals surface area (Å²) >= 11 is 0. The quantitative estimate of drug-likeness (QED) is 0.853. The molecule has 1 fully saturated rings. The number of nitrogens with zero attached hydrogens (tertiary/aromatic N) is 2. The third-order valence-electron chi connectivity index (χ3n) is 4.05. The Kier molecular flexibility index (Phi) is 5.43. The van der Waals surface area contributed by atoms with Crippen LogP contribution < -0.4 is 10.1 Å². The molecule has 0 bridgehead atoms. The minimum absolute atomic E-state index is 0.636. The Morgan fingerprint density at radius 3 is 2.58 bits per heavy atom. The number of aromatic nitrogens is 2. The standard InChI is InChI=1S/C15H25N3O/c1-3-12-5-7-13(8-6-12)10-16-14-9-15(19-4-2)18-11-17-14/h9,11-13H,3-8,10H2,1-2H3,(H,16,17,18).